The lowest BCUT2D eigenvalue weighted by molar-refractivity contribution is -0.132. The number of nitrogens with one attached hydrogen (secondary N) is 3. The van der Waals surface area contributed by atoms with Gasteiger partial charge in [-0.15, -0.1) is 0 Å². The van der Waals surface area contributed by atoms with Gasteiger partial charge in [0, 0.05) is 11.1 Å². The van der Waals surface area contributed by atoms with Crippen molar-refractivity contribution in [2.75, 3.05) is 0 Å². The van der Waals surface area contributed by atoms with Gasteiger partial charge in [0.2, 0.25) is 11.8 Å². The standard InChI is InChI=1S/C18H24F3N3O2/c1-9-22-13(8-14(25)23-9)17(26)24-15(18(2,3)4)11-6-5-10(16(20)21)7-12(11)19/h5-7,9,13,15-16,22H,8H2,1-4H3,(H,23,25)(H,24,26)/t9?,13?,15-/m0/s1. The van der Waals surface area contributed by atoms with E-state index in [0.717, 1.165) is 12.1 Å². The largest absolute Gasteiger partial charge is 0.347 e. The molecule has 2 unspecified atom stereocenters. The third kappa shape index (κ3) is 4.75. The highest BCUT2D eigenvalue weighted by molar-refractivity contribution is 5.89. The molecule has 0 spiro atoms. The SMILES string of the molecule is CC1NC(=O)CC(C(=O)N[C@@H](c2ccc(C(F)F)cc2F)C(C)(C)C)N1. The summed E-state index contributed by atoms with van der Waals surface area (Å²) >= 11 is 0. The molecule has 1 aromatic rings. The van der Waals surface area contributed by atoms with E-state index in [4.69, 9.17) is 0 Å². The topological polar surface area (TPSA) is 70.2 Å². The predicted octanol–water partition coefficient (Wildman–Crippen LogP) is 2.79. The average Bonchev–Trinajstić information content (AvgIpc) is 2.50. The Morgan fingerprint density at radius 3 is 2.46 bits per heavy atom. The second-order valence-corrected chi connectivity index (χ2v) is 7.60. The van der Waals surface area contributed by atoms with E-state index in [1.807, 2.05) is 20.8 Å². The summed E-state index contributed by atoms with van der Waals surface area (Å²) in [6.45, 7) is 7.13. The first kappa shape index (κ1) is 20.2. The van der Waals surface area contributed by atoms with Gasteiger partial charge in [0.05, 0.1) is 24.7 Å². The van der Waals surface area contributed by atoms with Gasteiger partial charge in [-0.05, 0) is 18.4 Å². The summed E-state index contributed by atoms with van der Waals surface area (Å²) in [5.41, 5.74) is -0.862. The minimum Gasteiger partial charge on any atom is -0.347 e. The number of halogens is 3. The predicted molar refractivity (Wildman–Crippen MR) is 90.8 cm³/mol. The number of carbonyl (C=O) groups is 2. The van der Waals surface area contributed by atoms with Crippen LogP contribution in [-0.4, -0.2) is 24.0 Å². The number of rotatable bonds is 4. The van der Waals surface area contributed by atoms with Crippen LogP contribution in [0.3, 0.4) is 0 Å². The quantitative estimate of drug-likeness (QED) is 0.762. The zero-order valence-corrected chi connectivity index (χ0v) is 15.2. The Labute approximate surface area is 150 Å². The van der Waals surface area contributed by atoms with Crippen molar-refractivity contribution in [1.29, 1.82) is 0 Å². The Morgan fingerprint density at radius 2 is 1.96 bits per heavy atom. The molecule has 8 heteroatoms. The van der Waals surface area contributed by atoms with Crippen molar-refractivity contribution in [3.63, 3.8) is 0 Å². The van der Waals surface area contributed by atoms with Gasteiger partial charge in [0.25, 0.3) is 6.43 Å². The molecule has 1 aliphatic heterocycles. The lowest BCUT2D eigenvalue weighted by Gasteiger charge is -2.35. The Balaban J connectivity index is 2.26. The fraction of sp³-hybridized carbons (Fsp3) is 0.556. The van der Waals surface area contributed by atoms with E-state index in [0.29, 0.717) is 0 Å². The van der Waals surface area contributed by atoms with Crippen molar-refractivity contribution in [3.8, 4) is 0 Å². The van der Waals surface area contributed by atoms with Crippen LogP contribution in [-0.2, 0) is 9.59 Å². The highest BCUT2D eigenvalue weighted by Gasteiger charge is 2.35. The van der Waals surface area contributed by atoms with E-state index < -0.39 is 41.2 Å². The smallest absolute Gasteiger partial charge is 0.263 e. The van der Waals surface area contributed by atoms with Gasteiger partial charge < -0.3 is 10.6 Å². The molecule has 144 valence electrons. The van der Waals surface area contributed by atoms with Gasteiger partial charge in [0.15, 0.2) is 0 Å². The Morgan fingerprint density at radius 1 is 1.31 bits per heavy atom. The minimum atomic E-state index is -2.77. The zero-order valence-electron chi connectivity index (χ0n) is 15.2. The van der Waals surface area contributed by atoms with E-state index in [-0.39, 0.29) is 24.1 Å². The maximum atomic E-state index is 14.4. The Bertz CT molecular complexity index is 689. The molecule has 0 aliphatic carbocycles. The molecule has 2 rings (SSSR count). The van der Waals surface area contributed by atoms with E-state index in [1.165, 1.54) is 6.07 Å². The van der Waals surface area contributed by atoms with Gasteiger partial charge in [-0.3, -0.25) is 14.9 Å². The van der Waals surface area contributed by atoms with Crippen LogP contribution in [0, 0.1) is 11.2 Å². The summed E-state index contributed by atoms with van der Waals surface area (Å²) < 4.78 is 40.0. The lowest BCUT2D eigenvalue weighted by Crippen LogP contribution is -2.60. The molecule has 1 aromatic carbocycles. The fourth-order valence-corrected chi connectivity index (χ4v) is 2.97. The molecule has 1 fully saturated rings. The van der Waals surface area contributed by atoms with Crippen LogP contribution in [0.2, 0.25) is 0 Å². The third-order valence-electron chi connectivity index (χ3n) is 4.27. The summed E-state index contributed by atoms with van der Waals surface area (Å²) in [5, 5.41) is 8.37. The van der Waals surface area contributed by atoms with Crippen LogP contribution in [0.4, 0.5) is 13.2 Å². The van der Waals surface area contributed by atoms with Crippen LogP contribution < -0.4 is 16.0 Å². The van der Waals surface area contributed by atoms with Gasteiger partial charge in [0.1, 0.15) is 5.82 Å². The second-order valence-electron chi connectivity index (χ2n) is 7.60. The zero-order chi connectivity index (χ0) is 19.6. The molecule has 3 N–H and O–H groups in total. The van der Waals surface area contributed by atoms with Crippen LogP contribution >= 0.6 is 0 Å². The molecule has 0 radical (unpaired) electrons. The van der Waals surface area contributed by atoms with Crippen molar-refractivity contribution in [3.05, 3.63) is 35.1 Å². The normalized spacial score (nSPS) is 22.1. The number of carbonyl (C=O) groups excluding carboxylic acids is 2. The van der Waals surface area contributed by atoms with Crippen LogP contribution in [0.15, 0.2) is 18.2 Å². The number of hydrogen-bond donors (Lipinski definition) is 3. The number of amides is 2. The maximum absolute atomic E-state index is 14.4. The first-order valence-corrected chi connectivity index (χ1v) is 8.42. The van der Waals surface area contributed by atoms with Crippen molar-refractivity contribution >= 4 is 11.8 Å². The summed E-state index contributed by atoms with van der Waals surface area (Å²) in [4.78, 5) is 24.2. The Kier molecular flexibility index (Phi) is 5.95. The van der Waals surface area contributed by atoms with Gasteiger partial charge in [-0.25, -0.2) is 13.2 Å². The molecule has 26 heavy (non-hydrogen) atoms. The van der Waals surface area contributed by atoms with Gasteiger partial charge >= 0.3 is 0 Å². The second kappa shape index (κ2) is 7.65. The summed E-state index contributed by atoms with van der Waals surface area (Å²) in [5.74, 6) is -1.49. The molecule has 2 amide bonds. The monoisotopic (exact) mass is 371 g/mol. The Hall–Kier alpha value is -2.09. The summed E-state index contributed by atoms with van der Waals surface area (Å²) in [6, 6.07) is 1.73. The highest BCUT2D eigenvalue weighted by Crippen LogP contribution is 2.35. The first-order valence-electron chi connectivity index (χ1n) is 8.42. The summed E-state index contributed by atoms with van der Waals surface area (Å²) in [7, 11) is 0. The molecule has 0 aromatic heterocycles. The molecule has 1 saturated heterocycles. The number of alkyl halides is 2. The highest BCUT2D eigenvalue weighted by atomic mass is 19.3. The van der Waals surface area contributed by atoms with E-state index in [1.54, 1.807) is 6.92 Å². The van der Waals surface area contributed by atoms with Gasteiger partial charge in [-0.2, -0.15) is 0 Å². The van der Waals surface area contributed by atoms with Crippen LogP contribution in [0.1, 0.15) is 57.7 Å². The fourth-order valence-electron chi connectivity index (χ4n) is 2.97. The van der Waals surface area contributed by atoms with Crippen molar-refractivity contribution < 1.29 is 22.8 Å². The van der Waals surface area contributed by atoms with E-state index in [9.17, 15) is 22.8 Å². The van der Waals surface area contributed by atoms with E-state index in [2.05, 4.69) is 16.0 Å². The summed E-state index contributed by atoms with van der Waals surface area (Å²) in [6.07, 6.45) is -3.16. The van der Waals surface area contributed by atoms with Gasteiger partial charge in [-0.1, -0.05) is 32.9 Å². The molecule has 0 saturated carbocycles. The molecule has 0 bridgehead atoms. The minimum absolute atomic E-state index is 0.0279. The molecule has 5 nitrogen and oxygen atoms in total. The molecule has 3 atom stereocenters. The average molecular weight is 371 g/mol. The first-order chi connectivity index (χ1) is 12.0. The van der Waals surface area contributed by atoms with Crippen molar-refractivity contribution in [2.45, 2.75) is 58.8 Å². The number of hydrogen-bond acceptors (Lipinski definition) is 3. The van der Waals surface area contributed by atoms with E-state index >= 15 is 0 Å². The third-order valence-corrected chi connectivity index (χ3v) is 4.27. The molecular weight excluding hydrogens is 347 g/mol. The van der Waals surface area contributed by atoms with Crippen LogP contribution in [0.5, 0.6) is 0 Å². The lowest BCUT2D eigenvalue weighted by atomic mass is 9.81. The van der Waals surface area contributed by atoms with Crippen molar-refractivity contribution in [2.24, 2.45) is 5.41 Å². The molecule has 1 aliphatic rings. The van der Waals surface area contributed by atoms with Crippen LogP contribution in [0.25, 0.3) is 0 Å². The maximum Gasteiger partial charge on any atom is 0.263 e. The van der Waals surface area contributed by atoms with Crippen molar-refractivity contribution in [1.82, 2.24) is 16.0 Å². The number of benzene rings is 1. The molecular formula is C18H24F3N3O2. The molecule has 1 heterocycles.